The molecule has 7 nitrogen and oxygen atoms in total. The normalized spacial score (nSPS) is 11.0. The first-order valence-corrected chi connectivity index (χ1v) is 10.9. The summed E-state index contributed by atoms with van der Waals surface area (Å²) >= 11 is 11.9. The molecule has 0 aliphatic carbocycles. The Bertz CT molecular complexity index is 1080. The van der Waals surface area contributed by atoms with Crippen molar-refractivity contribution in [3.8, 4) is 23.3 Å². The highest BCUT2D eigenvalue weighted by molar-refractivity contribution is 6.35. The summed E-state index contributed by atoms with van der Waals surface area (Å²) in [5.41, 5.74) is 0.506. The number of carbonyl (C=O) groups is 2. The van der Waals surface area contributed by atoms with E-state index < -0.39 is 11.9 Å². The largest absolute Gasteiger partial charge is 0.493 e. The molecule has 2 aromatic rings. The lowest BCUT2D eigenvalue weighted by Crippen LogP contribution is -2.30. The van der Waals surface area contributed by atoms with Crippen molar-refractivity contribution in [2.24, 2.45) is 0 Å². The van der Waals surface area contributed by atoms with Crippen molar-refractivity contribution in [2.75, 3.05) is 13.7 Å². The average molecular weight is 491 g/mol. The number of benzene rings is 2. The Balaban J connectivity index is 1.96. The van der Waals surface area contributed by atoms with E-state index >= 15 is 0 Å². The fourth-order valence-corrected chi connectivity index (χ4v) is 3.14. The molecule has 0 fully saturated rings. The van der Waals surface area contributed by atoms with E-state index in [0.717, 1.165) is 0 Å². The van der Waals surface area contributed by atoms with Crippen molar-refractivity contribution in [1.29, 1.82) is 5.26 Å². The van der Waals surface area contributed by atoms with E-state index in [1.165, 1.54) is 13.2 Å². The smallest absolute Gasteiger partial charge is 0.311 e. The molecule has 0 atom stereocenters. The van der Waals surface area contributed by atoms with Crippen LogP contribution in [0.3, 0.4) is 0 Å². The van der Waals surface area contributed by atoms with E-state index in [-0.39, 0.29) is 30.4 Å². The number of nitrogens with one attached hydrogen (secondary N) is 1. The molecule has 0 bridgehead atoms. The molecular formula is C24H24Cl2N2O5. The molecule has 0 radical (unpaired) electrons. The molecule has 0 aliphatic heterocycles. The minimum absolute atomic E-state index is 0.0451. The average Bonchev–Trinajstić information content (AvgIpc) is 2.76. The van der Waals surface area contributed by atoms with Crippen LogP contribution in [0.1, 0.15) is 32.3 Å². The number of esters is 1. The first-order valence-electron chi connectivity index (χ1n) is 10.1. The third-order valence-corrected chi connectivity index (χ3v) is 4.71. The maximum Gasteiger partial charge on any atom is 0.311 e. The lowest BCUT2D eigenvalue weighted by molar-refractivity contribution is -0.134. The molecule has 0 saturated carbocycles. The van der Waals surface area contributed by atoms with E-state index in [1.807, 2.05) is 6.07 Å². The van der Waals surface area contributed by atoms with E-state index in [0.29, 0.717) is 33.5 Å². The number of methoxy groups -OCH3 is 1. The minimum atomic E-state index is -0.468. The van der Waals surface area contributed by atoms with Crippen LogP contribution in [0.4, 0.5) is 0 Å². The second kappa shape index (κ2) is 12.7. The zero-order valence-corrected chi connectivity index (χ0v) is 20.0. The molecule has 0 aliphatic rings. The van der Waals surface area contributed by atoms with Crippen LogP contribution < -0.4 is 19.5 Å². The van der Waals surface area contributed by atoms with Crippen molar-refractivity contribution in [1.82, 2.24) is 5.32 Å². The standard InChI is InChI=1S/C24H24Cl2N2O5/c1-15(2)28-24(30)17(14-27)11-16-6-8-21(22(12-16)31-3)33-23(29)5-4-10-32-20-9-7-18(25)13-19(20)26/h6-9,11-13,15H,4-5,10H2,1-3H3,(H,28,30). The molecule has 1 amide bonds. The zero-order valence-electron chi connectivity index (χ0n) is 18.5. The summed E-state index contributed by atoms with van der Waals surface area (Å²) < 4.78 is 16.2. The van der Waals surface area contributed by atoms with Crippen LogP contribution in [0.5, 0.6) is 17.2 Å². The molecule has 1 N–H and O–H groups in total. The lowest BCUT2D eigenvalue weighted by Gasteiger charge is -2.11. The fourth-order valence-electron chi connectivity index (χ4n) is 2.68. The Labute approximate surface area is 202 Å². The van der Waals surface area contributed by atoms with Crippen LogP contribution in [-0.4, -0.2) is 31.6 Å². The number of rotatable bonds is 10. The van der Waals surface area contributed by atoms with E-state index in [9.17, 15) is 14.9 Å². The number of nitrogens with zero attached hydrogens (tertiary/aromatic N) is 1. The topological polar surface area (TPSA) is 97.6 Å². The molecule has 0 aromatic heterocycles. The summed E-state index contributed by atoms with van der Waals surface area (Å²) in [7, 11) is 1.43. The first-order chi connectivity index (χ1) is 15.7. The molecule has 0 unspecified atom stereocenters. The second-order valence-corrected chi connectivity index (χ2v) is 8.05. The van der Waals surface area contributed by atoms with Gasteiger partial charge in [0, 0.05) is 17.5 Å². The Morgan fingerprint density at radius 1 is 1.12 bits per heavy atom. The predicted octanol–water partition coefficient (Wildman–Crippen LogP) is 5.20. The predicted molar refractivity (Wildman–Crippen MR) is 127 cm³/mol. The van der Waals surface area contributed by atoms with Gasteiger partial charge in [-0.3, -0.25) is 9.59 Å². The summed E-state index contributed by atoms with van der Waals surface area (Å²) in [5, 5.41) is 12.8. The van der Waals surface area contributed by atoms with E-state index in [1.54, 1.807) is 50.2 Å². The van der Waals surface area contributed by atoms with Gasteiger partial charge in [-0.15, -0.1) is 0 Å². The number of halogens is 2. The summed E-state index contributed by atoms with van der Waals surface area (Å²) in [4.78, 5) is 24.3. The SMILES string of the molecule is COc1cc(C=C(C#N)C(=O)NC(C)C)ccc1OC(=O)CCCOc1ccc(Cl)cc1Cl. The number of hydrogen-bond acceptors (Lipinski definition) is 6. The van der Waals surface area contributed by atoms with Crippen molar-refractivity contribution >= 4 is 41.2 Å². The van der Waals surface area contributed by atoms with Crippen molar-refractivity contribution in [3.63, 3.8) is 0 Å². The molecule has 0 spiro atoms. The van der Waals surface area contributed by atoms with Crippen LogP contribution in [0.2, 0.25) is 10.0 Å². The Morgan fingerprint density at radius 3 is 2.48 bits per heavy atom. The molecule has 9 heteroatoms. The molecule has 33 heavy (non-hydrogen) atoms. The Kier molecular flexibility index (Phi) is 10.0. The van der Waals surface area contributed by atoms with Gasteiger partial charge in [0.1, 0.15) is 17.4 Å². The van der Waals surface area contributed by atoms with Crippen LogP contribution in [-0.2, 0) is 9.59 Å². The monoisotopic (exact) mass is 490 g/mol. The van der Waals surface area contributed by atoms with Gasteiger partial charge in [-0.2, -0.15) is 5.26 Å². The maximum absolute atomic E-state index is 12.2. The summed E-state index contributed by atoms with van der Waals surface area (Å²) in [6.45, 7) is 3.88. The summed E-state index contributed by atoms with van der Waals surface area (Å²) in [5.74, 6) is 0.0772. The van der Waals surface area contributed by atoms with E-state index in [2.05, 4.69) is 5.32 Å². The first kappa shape index (κ1) is 26.0. The molecule has 0 saturated heterocycles. The molecule has 174 valence electrons. The number of hydrogen-bond donors (Lipinski definition) is 1. The third kappa shape index (κ3) is 8.33. The molecule has 2 aromatic carbocycles. The van der Waals surface area contributed by atoms with E-state index in [4.69, 9.17) is 37.4 Å². The highest BCUT2D eigenvalue weighted by Gasteiger charge is 2.13. The highest BCUT2D eigenvalue weighted by atomic mass is 35.5. The van der Waals surface area contributed by atoms with Gasteiger partial charge in [0.2, 0.25) is 0 Å². The Hall–Kier alpha value is -3.21. The summed E-state index contributed by atoms with van der Waals surface area (Å²) in [6, 6.07) is 11.4. The number of nitriles is 1. The minimum Gasteiger partial charge on any atom is -0.493 e. The zero-order chi connectivity index (χ0) is 24.4. The number of amides is 1. The molecular weight excluding hydrogens is 467 g/mol. The van der Waals surface area contributed by atoms with Crippen molar-refractivity contribution < 1.29 is 23.8 Å². The number of ether oxygens (including phenoxy) is 3. The van der Waals surface area contributed by atoms with Gasteiger partial charge >= 0.3 is 5.97 Å². The van der Waals surface area contributed by atoms with Gasteiger partial charge < -0.3 is 19.5 Å². The number of carbonyl (C=O) groups excluding carboxylic acids is 2. The third-order valence-electron chi connectivity index (χ3n) is 4.18. The van der Waals surface area contributed by atoms with Gasteiger partial charge in [-0.25, -0.2) is 0 Å². The van der Waals surface area contributed by atoms with Gasteiger partial charge in [0.15, 0.2) is 11.5 Å². The Morgan fingerprint density at radius 2 is 1.85 bits per heavy atom. The van der Waals surface area contributed by atoms with Crippen LogP contribution in [0.25, 0.3) is 6.08 Å². The fraction of sp³-hybridized carbons (Fsp3) is 0.292. The van der Waals surface area contributed by atoms with Gasteiger partial charge in [0.25, 0.3) is 5.91 Å². The van der Waals surface area contributed by atoms with Crippen LogP contribution in [0, 0.1) is 11.3 Å². The van der Waals surface area contributed by atoms with Crippen molar-refractivity contribution in [3.05, 3.63) is 57.6 Å². The molecule has 2 rings (SSSR count). The lowest BCUT2D eigenvalue weighted by atomic mass is 10.1. The van der Waals surface area contributed by atoms with Gasteiger partial charge in [0.05, 0.1) is 18.7 Å². The highest BCUT2D eigenvalue weighted by Crippen LogP contribution is 2.30. The molecule has 0 heterocycles. The van der Waals surface area contributed by atoms with Gasteiger partial charge in [-0.05, 0) is 62.2 Å². The summed E-state index contributed by atoms with van der Waals surface area (Å²) in [6.07, 6.45) is 1.96. The van der Waals surface area contributed by atoms with Crippen molar-refractivity contribution in [2.45, 2.75) is 32.7 Å². The second-order valence-electron chi connectivity index (χ2n) is 7.21. The maximum atomic E-state index is 12.2. The quantitative estimate of drug-likeness (QED) is 0.161. The van der Waals surface area contributed by atoms with Crippen LogP contribution in [0.15, 0.2) is 42.0 Å². The van der Waals surface area contributed by atoms with Gasteiger partial charge in [-0.1, -0.05) is 29.3 Å². The van der Waals surface area contributed by atoms with Crippen LogP contribution >= 0.6 is 23.2 Å².